The van der Waals surface area contributed by atoms with E-state index in [4.69, 9.17) is 0 Å². The van der Waals surface area contributed by atoms with Gasteiger partial charge in [0.25, 0.3) is 5.56 Å². The number of aryl methyl sites for hydroxylation is 1. The Morgan fingerprint density at radius 1 is 1.37 bits per heavy atom. The Morgan fingerprint density at radius 2 is 2.11 bits per heavy atom. The highest BCUT2D eigenvalue weighted by Crippen LogP contribution is 2.13. The molecule has 1 heterocycles. The van der Waals surface area contributed by atoms with Crippen molar-refractivity contribution in [3.63, 3.8) is 0 Å². The lowest BCUT2D eigenvalue weighted by molar-refractivity contribution is 0.311. The molecular formula is C15H21N3O. The lowest BCUT2D eigenvalue weighted by atomic mass is 10.1. The van der Waals surface area contributed by atoms with Crippen molar-refractivity contribution in [3.05, 3.63) is 40.4 Å². The number of likely N-dealkylation sites (N-methyl/N-ethyl adjacent to an activating group) is 1. The fraction of sp³-hybridized carbons (Fsp3) is 0.467. The van der Waals surface area contributed by atoms with Gasteiger partial charge < -0.3 is 4.90 Å². The minimum Gasteiger partial charge on any atom is -0.307 e. The number of benzene rings is 1. The molecule has 1 atom stereocenters. The molecule has 0 aliphatic carbocycles. The van der Waals surface area contributed by atoms with Crippen molar-refractivity contribution >= 4 is 10.9 Å². The van der Waals surface area contributed by atoms with Crippen LogP contribution in [0.2, 0.25) is 0 Å². The smallest absolute Gasteiger partial charge is 0.261 e. The van der Waals surface area contributed by atoms with Crippen molar-refractivity contribution in [1.82, 2.24) is 14.5 Å². The van der Waals surface area contributed by atoms with Crippen LogP contribution in [0.3, 0.4) is 0 Å². The van der Waals surface area contributed by atoms with Crippen LogP contribution in [-0.4, -0.2) is 35.1 Å². The maximum Gasteiger partial charge on any atom is 0.261 e. The topological polar surface area (TPSA) is 38.1 Å². The molecule has 102 valence electrons. The molecule has 0 amide bonds. The summed E-state index contributed by atoms with van der Waals surface area (Å²) in [6.07, 6.45) is 2.59. The molecule has 0 aliphatic heterocycles. The fourth-order valence-electron chi connectivity index (χ4n) is 2.35. The maximum atomic E-state index is 12.6. The number of hydrogen-bond donors (Lipinski definition) is 0. The Kier molecular flexibility index (Phi) is 4.00. The van der Waals surface area contributed by atoms with Gasteiger partial charge >= 0.3 is 0 Å². The van der Waals surface area contributed by atoms with Crippen molar-refractivity contribution in [1.29, 1.82) is 0 Å². The second-order valence-corrected chi connectivity index (χ2v) is 5.30. The zero-order valence-corrected chi connectivity index (χ0v) is 12.1. The van der Waals surface area contributed by atoms with Crippen LogP contribution in [0.4, 0.5) is 0 Å². The van der Waals surface area contributed by atoms with Crippen molar-refractivity contribution < 1.29 is 0 Å². The zero-order valence-electron chi connectivity index (χ0n) is 12.1. The Bertz CT molecular complexity index is 631. The summed E-state index contributed by atoms with van der Waals surface area (Å²) in [7, 11) is 4.04. The standard InChI is InChI=1S/C15H21N3O/c1-5-12(9-17(3)4)18-10-16-14-7-6-11(2)8-13(14)15(18)19/h6-8,10,12H,5,9H2,1-4H3. The normalized spacial score (nSPS) is 13.1. The molecule has 0 saturated heterocycles. The Morgan fingerprint density at radius 3 is 2.74 bits per heavy atom. The number of fused-ring (bicyclic) bond motifs is 1. The van der Waals surface area contributed by atoms with E-state index in [1.807, 2.05) is 39.2 Å². The first-order valence-electron chi connectivity index (χ1n) is 6.65. The van der Waals surface area contributed by atoms with E-state index in [1.54, 1.807) is 10.9 Å². The Balaban J connectivity index is 2.55. The van der Waals surface area contributed by atoms with E-state index in [2.05, 4.69) is 16.8 Å². The molecule has 0 saturated carbocycles. The Labute approximate surface area is 113 Å². The maximum absolute atomic E-state index is 12.6. The third-order valence-electron chi connectivity index (χ3n) is 3.38. The van der Waals surface area contributed by atoms with Gasteiger partial charge in [-0.2, -0.15) is 0 Å². The fourth-order valence-corrected chi connectivity index (χ4v) is 2.35. The monoisotopic (exact) mass is 259 g/mol. The number of hydrogen-bond acceptors (Lipinski definition) is 3. The van der Waals surface area contributed by atoms with Crippen molar-refractivity contribution in [3.8, 4) is 0 Å². The average molecular weight is 259 g/mol. The van der Waals surface area contributed by atoms with Gasteiger partial charge in [-0.05, 0) is 39.6 Å². The highest BCUT2D eigenvalue weighted by molar-refractivity contribution is 5.77. The summed E-state index contributed by atoms with van der Waals surface area (Å²) in [4.78, 5) is 19.1. The second-order valence-electron chi connectivity index (χ2n) is 5.30. The molecule has 2 rings (SSSR count). The minimum absolute atomic E-state index is 0.0578. The van der Waals surface area contributed by atoms with Crippen LogP contribution >= 0.6 is 0 Å². The highest BCUT2D eigenvalue weighted by atomic mass is 16.1. The van der Waals surface area contributed by atoms with E-state index in [1.165, 1.54) is 0 Å². The lowest BCUT2D eigenvalue weighted by Crippen LogP contribution is -2.31. The van der Waals surface area contributed by atoms with E-state index in [-0.39, 0.29) is 11.6 Å². The molecule has 4 nitrogen and oxygen atoms in total. The molecule has 0 spiro atoms. The average Bonchev–Trinajstić information content (AvgIpc) is 2.37. The van der Waals surface area contributed by atoms with Crippen LogP contribution in [0, 0.1) is 6.92 Å². The van der Waals surface area contributed by atoms with Crippen LogP contribution < -0.4 is 5.56 Å². The van der Waals surface area contributed by atoms with Gasteiger partial charge in [-0.15, -0.1) is 0 Å². The predicted molar refractivity (Wildman–Crippen MR) is 78.6 cm³/mol. The van der Waals surface area contributed by atoms with Gasteiger partial charge in [0.15, 0.2) is 0 Å². The van der Waals surface area contributed by atoms with Gasteiger partial charge in [-0.3, -0.25) is 9.36 Å². The summed E-state index contributed by atoms with van der Waals surface area (Å²) < 4.78 is 1.77. The van der Waals surface area contributed by atoms with Crippen LogP contribution in [0.5, 0.6) is 0 Å². The molecule has 1 aromatic heterocycles. The highest BCUT2D eigenvalue weighted by Gasteiger charge is 2.13. The van der Waals surface area contributed by atoms with E-state index in [0.717, 1.165) is 24.0 Å². The first-order chi connectivity index (χ1) is 9.02. The quantitative estimate of drug-likeness (QED) is 0.845. The predicted octanol–water partition coefficient (Wildman–Crippen LogP) is 2.22. The van der Waals surface area contributed by atoms with Gasteiger partial charge in [-0.25, -0.2) is 4.98 Å². The van der Waals surface area contributed by atoms with Gasteiger partial charge in [0.05, 0.1) is 23.3 Å². The third-order valence-corrected chi connectivity index (χ3v) is 3.38. The first kappa shape index (κ1) is 13.7. The summed E-state index contributed by atoms with van der Waals surface area (Å²) in [5.74, 6) is 0. The van der Waals surface area contributed by atoms with E-state index < -0.39 is 0 Å². The Hall–Kier alpha value is -1.68. The van der Waals surface area contributed by atoms with Gasteiger partial charge in [0, 0.05) is 6.54 Å². The van der Waals surface area contributed by atoms with Gasteiger partial charge in [0.1, 0.15) is 0 Å². The van der Waals surface area contributed by atoms with Crippen molar-refractivity contribution in [2.45, 2.75) is 26.3 Å². The molecule has 0 N–H and O–H groups in total. The molecule has 1 unspecified atom stereocenters. The van der Waals surface area contributed by atoms with E-state index in [9.17, 15) is 4.79 Å². The van der Waals surface area contributed by atoms with Crippen LogP contribution in [-0.2, 0) is 0 Å². The summed E-state index contributed by atoms with van der Waals surface area (Å²) in [5, 5.41) is 0.708. The molecule has 0 bridgehead atoms. The van der Waals surface area contributed by atoms with Crippen LogP contribution in [0.1, 0.15) is 24.9 Å². The minimum atomic E-state index is 0.0578. The van der Waals surface area contributed by atoms with Gasteiger partial charge in [-0.1, -0.05) is 18.6 Å². The van der Waals surface area contributed by atoms with E-state index in [0.29, 0.717) is 5.39 Å². The SMILES string of the molecule is CCC(CN(C)C)n1cnc2ccc(C)cc2c1=O. The largest absolute Gasteiger partial charge is 0.307 e. The number of nitrogens with zero attached hydrogens (tertiary/aromatic N) is 3. The third kappa shape index (κ3) is 2.84. The summed E-state index contributed by atoms with van der Waals surface area (Å²) in [6, 6.07) is 5.98. The van der Waals surface area contributed by atoms with Crippen molar-refractivity contribution in [2.24, 2.45) is 0 Å². The molecule has 0 radical (unpaired) electrons. The molecule has 4 heteroatoms. The first-order valence-corrected chi connectivity index (χ1v) is 6.65. The molecule has 19 heavy (non-hydrogen) atoms. The summed E-state index contributed by atoms with van der Waals surface area (Å²) >= 11 is 0. The van der Waals surface area contributed by atoms with E-state index >= 15 is 0 Å². The second kappa shape index (κ2) is 5.53. The zero-order chi connectivity index (χ0) is 14.0. The summed E-state index contributed by atoms with van der Waals surface area (Å²) in [5.41, 5.74) is 1.92. The lowest BCUT2D eigenvalue weighted by Gasteiger charge is -2.21. The van der Waals surface area contributed by atoms with Crippen LogP contribution in [0.25, 0.3) is 10.9 Å². The molecule has 0 fully saturated rings. The number of aromatic nitrogens is 2. The molecular weight excluding hydrogens is 238 g/mol. The summed E-state index contributed by atoms with van der Waals surface area (Å²) in [6.45, 7) is 4.93. The van der Waals surface area contributed by atoms with Crippen molar-refractivity contribution in [2.75, 3.05) is 20.6 Å². The van der Waals surface area contributed by atoms with Gasteiger partial charge in [0.2, 0.25) is 0 Å². The molecule has 2 aromatic rings. The molecule has 0 aliphatic rings. The number of rotatable bonds is 4. The molecule has 1 aromatic carbocycles. The van der Waals surface area contributed by atoms with Crippen LogP contribution in [0.15, 0.2) is 29.3 Å².